The maximum Gasteiger partial charge on any atom is 0.157 e. The topological polar surface area (TPSA) is 66.4 Å². The number of hydrogen-bond donors (Lipinski definition) is 1. The lowest BCUT2D eigenvalue weighted by Gasteiger charge is -2.22. The summed E-state index contributed by atoms with van der Waals surface area (Å²) in [5.41, 5.74) is 0.836. The molecule has 1 heterocycles. The summed E-state index contributed by atoms with van der Waals surface area (Å²) in [6, 6.07) is 7.39. The van der Waals surface area contributed by atoms with Crippen molar-refractivity contribution in [2.75, 3.05) is 46.2 Å². The predicted molar refractivity (Wildman–Crippen MR) is 89.0 cm³/mol. The van der Waals surface area contributed by atoms with E-state index in [1.807, 2.05) is 24.3 Å². The van der Waals surface area contributed by atoms with Gasteiger partial charge >= 0.3 is 0 Å². The number of hydrogen-bond acceptors (Lipinski definition) is 6. The molecule has 1 saturated heterocycles. The molecule has 6 heteroatoms. The average Bonchev–Trinajstić information content (AvgIpc) is 2.64. The van der Waals surface area contributed by atoms with Gasteiger partial charge in [0.1, 0.15) is 12.4 Å². The van der Waals surface area contributed by atoms with E-state index in [0.717, 1.165) is 30.8 Å². The SMILES string of the molecule is OCc1cccc(OCCOCCOCCOC2CCCCO2)c1. The Morgan fingerprint density at radius 2 is 1.79 bits per heavy atom. The van der Waals surface area contributed by atoms with E-state index in [-0.39, 0.29) is 12.9 Å². The van der Waals surface area contributed by atoms with Crippen LogP contribution in [0.3, 0.4) is 0 Å². The standard InChI is InChI=1S/C18H28O6/c19-15-16-4-3-5-17(14-16)22-12-10-20-8-9-21-11-13-24-18-6-1-2-7-23-18/h3-5,14,18-19H,1-2,6-13,15H2. The van der Waals surface area contributed by atoms with Crippen molar-refractivity contribution in [2.24, 2.45) is 0 Å². The molecule has 0 spiro atoms. The Bertz CT molecular complexity index is 433. The largest absolute Gasteiger partial charge is 0.491 e. The zero-order valence-corrected chi connectivity index (χ0v) is 14.2. The van der Waals surface area contributed by atoms with E-state index < -0.39 is 0 Å². The van der Waals surface area contributed by atoms with E-state index in [1.165, 1.54) is 6.42 Å². The monoisotopic (exact) mass is 340 g/mol. The summed E-state index contributed by atoms with van der Waals surface area (Å²) >= 11 is 0. The van der Waals surface area contributed by atoms with Crippen molar-refractivity contribution in [3.63, 3.8) is 0 Å². The first-order valence-corrected chi connectivity index (χ1v) is 8.60. The van der Waals surface area contributed by atoms with Gasteiger partial charge in [0.15, 0.2) is 6.29 Å². The Labute approximate surface area is 143 Å². The normalized spacial score (nSPS) is 17.8. The molecule has 1 unspecified atom stereocenters. The van der Waals surface area contributed by atoms with Crippen LogP contribution in [0.25, 0.3) is 0 Å². The number of ether oxygens (including phenoxy) is 5. The molecule has 24 heavy (non-hydrogen) atoms. The van der Waals surface area contributed by atoms with Gasteiger partial charge in [-0.2, -0.15) is 0 Å². The zero-order valence-electron chi connectivity index (χ0n) is 14.2. The first-order valence-electron chi connectivity index (χ1n) is 8.60. The lowest BCUT2D eigenvalue weighted by atomic mass is 10.2. The van der Waals surface area contributed by atoms with Crippen molar-refractivity contribution in [1.29, 1.82) is 0 Å². The van der Waals surface area contributed by atoms with Gasteiger partial charge in [0.2, 0.25) is 0 Å². The minimum absolute atomic E-state index is 0.0155. The second-order valence-corrected chi connectivity index (χ2v) is 5.55. The second kappa shape index (κ2) is 12.2. The summed E-state index contributed by atoms with van der Waals surface area (Å²) in [7, 11) is 0. The summed E-state index contributed by atoms with van der Waals surface area (Å²) in [5, 5.41) is 9.06. The molecule has 0 amide bonds. The summed E-state index contributed by atoms with van der Waals surface area (Å²) in [6.45, 7) is 3.95. The summed E-state index contributed by atoms with van der Waals surface area (Å²) in [6.07, 6.45) is 3.22. The minimum atomic E-state index is -0.0555. The Hall–Kier alpha value is -1.18. The predicted octanol–water partition coefficient (Wildman–Crippen LogP) is 2.13. The Kier molecular flexibility index (Phi) is 9.75. The molecule has 0 bridgehead atoms. The molecule has 1 aliphatic heterocycles. The smallest absolute Gasteiger partial charge is 0.157 e. The zero-order chi connectivity index (χ0) is 16.9. The number of rotatable bonds is 12. The molecule has 1 aromatic carbocycles. The molecule has 1 aromatic rings. The molecule has 136 valence electrons. The van der Waals surface area contributed by atoms with Gasteiger partial charge in [-0.1, -0.05) is 12.1 Å². The van der Waals surface area contributed by atoms with Crippen LogP contribution in [-0.4, -0.2) is 57.6 Å². The van der Waals surface area contributed by atoms with Gasteiger partial charge in [-0.05, 0) is 37.0 Å². The van der Waals surface area contributed by atoms with Crippen molar-refractivity contribution < 1.29 is 28.8 Å². The van der Waals surface area contributed by atoms with Crippen molar-refractivity contribution in [3.8, 4) is 5.75 Å². The maximum absolute atomic E-state index is 9.06. The molecular formula is C18H28O6. The Morgan fingerprint density at radius 3 is 2.54 bits per heavy atom. The second-order valence-electron chi connectivity index (χ2n) is 5.55. The fourth-order valence-electron chi connectivity index (χ4n) is 2.36. The molecule has 0 saturated carbocycles. The highest BCUT2D eigenvalue weighted by Crippen LogP contribution is 2.13. The summed E-state index contributed by atoms with van der Waals surface area (Å²) in [5.74, 6) is 0.739. The van der Waals surface area contributed by atoms with Crippen molar-refractivity contribution in [2.45, 2.75) is 32.2 Å². The Morgan fingerprint density at radius 1 is 1.00 bits per heavy atom. The van der Waals surface area contributed by atoms with Gasteiger partial charge < -0.3 is 28.8 Å². The molecule has 1 N–H and O–H groups in total. The first kappa shape index (κ1) is 19.1. The third-order valence-electron chi connectivity index (χ3n) is 3.62. The van der Waals surface area contributed by atoms with E-state index in [2.05, 4.69) is 0 Å². The third-order valence-corrected chi connectivity index (χ3v) is 3.62. The Balaban J connectivity index is 1.37. The van der Waals surface area contributed by atoms with Crippen LogP contribution in [0.2, 0.25) is 0 Å². The van der Waals surface area contributed by atoms with Crippen LogP contribution >= 0.6 is 0 Å². The number of benzene rings is 1. The maximum atomic E-state index is 9.06. The molecule has 0 aromatic heterocycles. The van der Waals surface area contributed by atoms with Gasteiger partial charge in [0.05, 0.1) is 39.6 Å². The molecule has 2 rings (SSSR count). The van der Waals surface area contributed by atoms with Crippen LogP contribution in [0, 0.1) is 0 Å². The van der Waals surface area contributed by atoms with E-state index in [0.29, 0.717) is 39.6 Å². The molecule has 1 aliphatic rings. The van der Waals surface area contributed by atoms with Gasteiger partial charge in [0, 0.05) is 6.61 Å². The van der Waals surface area contributed by atoms with E-state index in [9.17, 15) is 0 Å². The van der Waals surface area contributed by atoms with Gasteiger partial charge in [-0.25, -0.2) is 0 Å². The molecule has 1 fully saturated rings. The highest BCUT2D eigenvalue weighted by Gasteiger charge is 2.13. The van der Waals surface area contributed by atoms with E-state index >= 15 is 0 Å². The van der Waals surface area contributed by atoms with Gasteiger partial charge in [0.25, 0.3) is 0 Å². The minimum Gasteiger partial charge on any atom is -0.491 e. The van der Waals surface area contributed by atoms with Gasteiger partial charge in [-0.3, -0.25) is 0 Å². The molecular weight excluding hydrogens is 312 g/mol. The third kappa shape index (κ3) is 8.08. The van der Waals surface area contributed by atoms with Crippen LogP contribution in [0.1, 0.15) is 24.8 Å². The van der Waals surface area contributed by atoms with Crippen LogP contribution < -0.4 is 4.74 Å². The van der Waals surface area contributed by atoms with Crippen LogP contribution in [0.5, 0.6) is 5.75 Å². The van der Waals surface area contributed by atoms with Crippen molar-refractivity contribution in [3.05, 3.63) is 29.8 Å². The highest BCUT2D eigenvalue weighted by atomic mass is 16.7. The molecule has 6 nitrogen and oxygen atoms in total. The molecule has 1 atom stereocenters. The van der Waals surface area contributed by atoms with Crippen LogP contribution in [0.4, 0.5) is 0 Å². The first-order chi connectivity index (χ1) is 11.9. The number of aliphatic hydroxyl groups excluding tert-OH is 1. The molecule has 0 radical (unpaired) electrons. The van der Waals surface area contributed by atoms with Crippen molar-refractivity contribution >= 4 is 0 Å². The number of aliphatic hydroxyl groups is 1. The van der Waals surface area contributed by atoms with Gasteiger partial charge in [-0.15, -0.1) is 0 Å². The highest BCUT2D eigenvalue weighted by molar-refractivity contribution is 5.27. The fraction of sp³-hybridized carbons (Fsp3) is 0.667. The summed E-state index contributed by atoms with van der Waals surface area (Å²) < 4.78 is 27.5. The lowest BCUT2D eigenvalue weighted by molar-refractivity contribution is -0.169. The van der Waals surface area contributed by atoms with E-state index in [4.69, 9.17) is 28.8 Å². The quantitative estimate of drug-likeness (QED) is 0.588. The van der Waals surface area contributed by atoms with Crippen molar-refractivity contribution in [1.82, 2.24) is 0 Å². The fourth-order valence-corrected chi connectivity index (χ4v) is 2.36. The summed E-state index contributed by atoms with van der Waals surface area (Å²) in [4.78, 5) is 0. The lowest BCUT2D eigenvalue weighted by Crippen LogP contribution is -2.24. The average molecular weight is 340 g/mol. The van der Waals surface area contributed by atoms with Crippen LogP contribution in [0.15, 0.2) is 24.3 Å². The van der Waals surface area contributed by atoms with Crippen LogP contribution in [-0.2, 0) is 25.6 Å². The van der Waals surface area contributed by atoms with E-state index in [1.54, 1.807) is 0 Å². The molecule has 0 aliphatic carbocycles.